The first kappa shape index (κ1) is 20.5. The molecule has 0 atom stereocenters. The molecule has 0 saturated heterocycles. The molecule has 3 rings (SSSR count). The molecule has 1 amide bonds. The molecule has 3 aromatic rings. The van der Waals surface area contributed by atoms with E-state index in [1.807, 2.05) is 68.5 Å². The maximum atomic E-state index is 12.2. The van der Waals surface area contributed by atoms with E-state index in [1.165, 1.54) is 0 Å². The van der Waals surface area contributed by atoms with E-state index in [4.69, 9.17) is 0 Å². The molecule has 0 aliphatic carbocycles. The number of amides is 1. The number of allylic oxidation sites excluding steroid dienone is 1. The van der Waals surface area contributed by atoms with Crippen molar-refractivity contribution in [2.45, 2.75) is 24.8 Å². The van der Waals surface area contributed by atoms with Crippen molar-refractivity contribution in [1.29, 1.82) is 0 Å². The number of nitrogens with one attached hydrogen (secondary N) is 1. The molecule has 0 spiro atoms. The largest absolute Gasteiger partial charge is 0.271 e. The van der Waals surface area contributed by atoms with Crippen LogP contribution in [-0.4, -0.2) is 22.1 Å². The highest BCUT2D eigenvalue weighted by molar-refractivity contribution is 7.98. The number of benzene rings is 2. The molecule has 5 nitrogen and oxygen atoms in total. The van der Waals surface area contributed by atoms with Crippen LogP contribution in [0.4, 0.5) is 0 Å². The predicted octanol–water partition coefficient (Wildman–Crippen LogP) is 4.81. The van der Waals surface area contributed by atoms with E-state index in [0.717, 1.165) is 33.4 Å². The Morgan fingerprint density at radius 2 is 1.72 bits per heavy atom. The molecule has 0 radical (unpaired) electrons. The second kappa shape index (κ2) is 10.3. The van der Waals surface area contributed by atoms with Crippen LogP contribution in [0.5, 0.6) is 0 Å². The molecule has 1 heterocycles. The quantitative estimate of drug-likeness (QED) is 0.266. The van der Waals surface area contributed by atoms with E-state index < -0.39 is 0 Å². The number of hydrogen-bond donors (Lipinski definition) is 1. The van der Waals surface area contributed by atoms with Crippen LogP contribution in [0.15, 0.2) is 77.0 Å². The van der Waals surface area contributed by atoms with Crippen LogP contribution in [0, 0.1) is 13.8 Å². The Bertz CT molecular complexity index is 995. The predicted molar refractivity (Wildman–Crippen MR) is 119 cm³/mol. The SMILES string of the molecule is Cc1cc(C)nc(SCc2ccc(C(=O)N/N=C/C=C/c3ccccc3)cc2)n1. The third-order valence-corrected chi connectivity index (χ3v) is 4.88. The van der Waals surface area contributed by atoms with E-state index in [-0.39, 0.29) is 5.91 Å². The molecule has 6 heteroatoms. The maximum Gasteiger partial charge on any atom is 0.271 e. The van der Waals surface area contributed by atoms with Crippen molar-refractivity contribution in [2.24, 2.45) is 5.10 Å². The van der Waals surface area contributed by atoms with Gasteiger partial charge in [-0.25, -0.2) is 15.4 Å². The molecule has 0 unspecified atom stereocenters. The van der Waals surface area contributed by atoms with Crippen LogP contribution >= 0.6 is 11.8 Å². The zero-order valence-electron chi connectivity index (χ0n) is 16.4. The van der Waals surface area contributed by atoms with Gasteiger partial charge in [-0.3, -0.25) is 4.79 Å². The normalized spacial score (nSPS) is 11.2. The zero-order valence-corrected chi connectivity index (χ0v) is 17.2. The summed E-state index contributed by atoms with van der Waals surface area (Å²) in [6.07, 6.45) is 5.26. The first-order chi connectivity index (χ1) is 14.1. The summed E-state index contributed by atoms with van der Waals surface area (Å²) in [5.41, 5.74) is 7.19. The van der Waals surface area contributed by atoms with Crippen LogP contribution in [0.3, 0.4) is 0 Å². The van der Waals surface area contributed by atoms with Gasteiger partial charge in [-0.15, -0.1) is 0 Å². The number of hydrazone groups is 1. The van der Waals surface area contributed by atoms with Gasteiger partial charge in [0.15, 0.2) is 5.16 Å². The van der Waals surface area contributed by atoms with Gasteiger partial charge in [-0.05, 0) is 49.2 Å². The monoisotopic (exact) mass is 402 g/mol. The van der Waals surface area contributed by atoms with Gasteiger partial charge in [-0.2, -0.15) is 5.10 Å². The Hall–Kier alpha value is -3.25. The Labute approximate surface area is 175 Å². The molecule has 1 aromatic heterocycles. The smallest absolute Gasteiger partial charge is 0.267 e. The van der Waals surface area contributed by atoms with Crippen molar-refractivity contribution in [3.05, 3.63) is 94.8 Å². The van der Waals surface area contributed by atoms with Crippen LogP contribution in [-0.2, 0) is 5.75 Å². The van der Waals surface area contributed by atoms with Crippen molar-refractivity contribution in [3.63, 3.8) is 0 Å². The van der Waals surface area contributed by atoms with Crippen molar-refractivity contribution in [1.82, 2.24) is 15.4 Å². The summed E-state index contributed by atoms with van der Waals surface area (Å²) < 4.78 is 0. The van der Waals surface area contributed by atoms with Crippen molar-refractivity contribution < 1.29 is 4.79 Å². The van der Waals surface area contributed by atoms with E-state index in [9.17, 15) is 4.79 Å². The maximum absolute atomic E-state index is 12.2. The van der Waals surface area contributed by atoms with E-state index in [0.29, 0.717) is 5.56 Å². The summed E-state index contributed by atoms with van der Waals surface area (Å²) >= 11 is 1.58. The average molecular weight is 403 g/mol. The van der Waals surface area contributed by atoms with Gasteiger partial charge in [-0.1, -0.05) is 60.3 Å². The van der Waals surface area contributed by atoms with Gasteiger partial charge in [0.25, 0.3) is 5.91 Å². The summed E-state index contributed by atoms with van der Waals surface area (Å²) in [6.45, 7) is 3.93. The zero-order chi connectivity index (χ0) is 20.5. The number of aromatic nitrogens is 2. The highest BCUT2D eigenvalue weighted by Gasteiger charge is 2.05. The molecule has 0 saturated carbocycles. The lowest BCUT2D eigenvalue weighted by molar-refractivity contribution is 0.0955. The van der Waals surface area contributed by atoms with E-state index >= 15 is 0 Å². The molecule has 29 heavy (non-hydrogen) atoms. The Morgan fingerprint density at radius 3 is 2.41 bits per heavy atom. The number of carbonyl (C=O) groups is 1. The molecule has 0 fully saturated rings. The lowest BCUT2D eigenvalue weighted by atomic mass is 10.1. The topological polar surface area (TPSA) is 67.2 Å². The number of rotatable bonds is 7. The minimum Gasteiger partial charge on any atom is -0.267 e. The number of carbonyl (C=O) groups excluding carboxylic acids is 1. The molecule has 0 aliphatic heterocycles. The van der Waals surface area contributed by atoms with Gasteiger partial charge in [0.2, 0.25) is 0 Å². The Kier molecular flexibility index (Phi) is 7.30. The fourth-order valence-electron chi connectivity index (χ4n) is 2.58. The van der Waals surface area contributed by atoms with Gasteiger partial charge < -0.3 is 0 Å². The minimum absolute atomic E-state index is 0.244. The number of thioether (sulfide) groups is 1. The second-order valence-corrected chi connectivity index (χ2v) is 7.35. The van der Waals surface area contributed by atoms with Crippen molar-refractivity contribution in [2.75, 3.05) is 0 Å². The van der Waals surface area contributed by atoms with Gasteiger partial charge in [0.05, 0.1) is 0 Å². The van der Waals surface area contributed by atoms with Crippen LogP contribution in [0.25, 0.3) is 6.08 Å². The third kappa shape index (κ3) is 6.69. The number of nitrogens with zero attached hydrogens (tertiary/aromatic N) is 3. The summed E-state index contributed by atoms with van der Waals surface area (Å²) in [4.78, 5) is 21.0. The number of aryl methyl sites for hydroxylation is 2. The standard InChI is InChI=1S/C23H22N4OS/c1-17-15-18(2)26-23(25-17)29-16-20-10-12-21(13-11-20)22(28)27-24-14-6-9-19-7-4-3-5-8-19/h3-15H,16H2,1-2H3,(H,27,28)/b9-6+,24-14+. The number of hydrogen-bond acceptors (Lipinski definition) is 5. The van der Waals surface area contributed by atoms with Crippen LogP contribution in [0.1, 0.15) is 32.9 Å². The highest BCUT2D eigenvalue weighted by atomic mass is 32.2. The molecular weight excluding hydrogens is 380 g/mol. The van der Waals surface area contributed by atoms with Gasteiger partial charge in [0.1, 0.15) is 0 Å². The Morgan fingerprint density at radius 1 is 1.03 bits per heavy atom. The average Bonchev–Trinajstić information content (AvgIpc) is 2.72. The van der Waals surface area contributed by atoms with Crippen molar-refractivity contribution >= 4 is 30.0 Å². The summed E-state index contributed by atoms with van der Waals surface area (Å²) in [5.74, 6) is 0.499. The molecule has 2 aromatic carbocycles. The van der Waals surface area contributed by atoms with Crippen LogP contribution < -0.4 is 5.43 Å². The van der Waals surface area contributed by atoms with Crippen LogP contribution in [0.2, 0.25) is 0 Å². The first-order valence-electron chi connectivity index (χ1n) is 9.19. The van der Waals surface area contributed by atoms with Gasteiger partial charge in [0, 0.05) is 28.9 Å². The van der Waals surface area contributed by atoms with Crippen molar-refractivity contribution in [3.8, 4) is 0 Å². The third-order valence-electron chi connectivity index (χ3n) is 3.96. The summed E-state index contributed by atoms with van der Waals surface area (Å²) in [6, 6.07) is 19.3. The lowest BCUT2D eigenvalue weighted by Gasteiger charge is -2.04. The second-order valence-electron chi connectivity index (χ2n) is 6.41. The fourth-order valence-corrected chi connectivity index (χ4v) is 3.49. The molecule has 0 bridgehead atoms. The highest BCUT2D eigenvalue weighted by Crippen LogP contribution is 2.20. The minimum atomic E-state index is -0.244. The fraction of sp³-hybridized carbons (Fsp3) is 0.130. The molecule has 0 aliphatic rings. The first-order valence-corrected chi connectivity index (χ1v) is 10.2. The molecule has 146 valence electrons. The molecular formula is C23H22N4OS. The molecule has 1 N–H and O–H groups in total. The Balaban J connectivity index is 1.49. The summed E-state index contributed by atoms with van der Waals surface area (Å²) in [7, 11) is 0. The van der Waals surface area contributed by atoms with E-state index in [1.54, 1.807) is 36.2 Å². The van der Waals surface area contributed by atoms with E-state index in [2.05, 4.69) is 20.5 Å². The van der Waals surface area contributed by atoms with Gasteiger partial charge >= 0.3 is 0 Å². The lowest BCUT2D eigenvalue weighted by Crippen LogP contribution is -2.17. The summed E-state index contributed by atoms with van der Waals surface area (Å²) in [5, 5.41) is 4.71.